The Kier molecular flexibility index (Phi) is 5.55. The van der Waals surface area contributed by atoms with E-state index in [0.29, 0.717) is 34.2 Å². The normalized spacial score (nSPS) is 10.3. The van der Waals surface area contributed by atoms with Gasteiger partial charge in [-0.05, 0) is 30.3 Å². The van der Waals surface area contributed by atoms with Crippen LogP contribution in [-0.2, 0) is 6.54 Å². The highest BCUT2D eigenvalue weighted by Gasteiger charge is 2.15. The van der Waals surface area contributed by atoms with Crippen LogP contribution in [0.3, 0.4) is 0 Å². The van der Waals surface area contributed by atoms with Gasteiger partial charge < -0.3 is 24.1 Å². The summed E-state index contributed by atoms with van der Waals surface area (Å²) in [5.74, 6) is 2.03. The monoisotopic (exact) mass is 369 g/mol. The fourth-order valence-electron chi connectivity index (χ4n) is 2.50. The van der Waals surface area contributed by atoms with Crippen molar-refractivity contribution in [3.05, 3.63) is 53.9 Å². The number of amides is 1. The topological polar surface area (TPSA) is 95.7 Å². The Morgan fingerprint density at radius 1 is 1.00 bits per heavy atom. The average Bonchev–Trinajstić information content (AvgIpc) is 3.20. The summed E-state index contributed by atoms with van der Waals surface area (Å²) in [6.07, 6.45) is 0. The molecule has 0 spiro atoms. The molecule has 0 bridgehead atoms. The maximum absolute atomic E-state index is 12.3. The van der Waals surface area contributed by atoms with Crippen molar-refractivity contribution in [2.75, 3.05) is 21.3 Å². The first-order valence-corrected chi connectivity index (χ1v) is 8.12. The molecule has 0 saturated carbocycles. The molecule has 3 aromatic rings. The molecule has 0 aliphatic heterocycles. The number of methoxy groups -OCH3 is 3. The van der Waals surface area contributed by atoms with Crippen LogP contribution in [0.25, 0.3) is 11.4 Å². The van der Waals surface area contributed by atoms with E-state index in [4.69, 9.17) is 18.7 Å². The Morgan fingerprint density at radius 3 is 2.48 bits per heavy atom. The van der Waals surface area contributed by atoms with Gasteiger partial charge in [-0.25, -0.2) is 0 Å². The van der Waals surface area contributed by atoms with Crippen LogP contribution in [0.15, 0.2) is 47.0 Å². The van der Waals surface area contributed by atoms with Crippen molar-refractivity contribution in [3.8, 4) is 28.6 Å². The Hall–Kier alpha value is -3.55. The lowest BCUT2D eigenvalue weighted by Crippen LogP contribution is -2.23. The highest BCUT2D eigenvalue weighted by atomic mass is 16.5. The third-order valence-corrected chi connectivity index (χ3v) is 3.86. The molecule has 1 heterocycles. The summed E-state index contributed by atoms with van der Waals surface area (Å²) in [4.78, 5) is 16.6. The van der Waals surface area contributed by atoms with Gasteiger partial charge in [-0.15, -0.1) is 0 Å². The van der Waals surface area contributed by atoms with Gasteiger partial charge in [0.2, 0.25) is 11.7 Å². The number of carbonyl (C=O) groups excluding carboxylic acids is 1. The fourth-order valence-corrected chi connectivity index (χ4v) is 2.50. The van der Waals surface area contributed by atoms with Crippen LogP contribution in [0.5, 0.6) is 17.2 Å². The number of rotatable bonds is 7. The fraction of sp³-hybridized carbons (Fsp3) is 0.211. The third-order valence-electron chi connectivity index (χ3n) is 3.86. The predicted octanol–water partition coefficient (Wildman–Crippen LogP) is 2.69. The zero-order chi connectivity index (χ0) is 19.2. The van der Waals surface area contributed by atoms with Crippen molar-refractivity contribution in [2.24, 2.45) is 0 Å². The van der Waals surface area contributed by atoms with Crippen LogP contribution in [0.2, 0.25) is 0 Å². The molecule has 140 valence electrons. The van der Waals surface area contributed by atoms with E-state index in [9.17, 15) is 4.79 Å². The second kappa shape index (κ2) is 8.22. The number of benzene rings is 2. The van der Waals surface area contributed by atoms with Gasteiger partial charge in [0, 0.05) is 5.56 Å². The van der Waals surface area contributed by atoms with Gasteiger partial charge in [-0.2, -0.15) is 4.98 Å². The van der Waals surface area contributed by atoms with E-state index in [-0.39, 0.29) is 18.3 Å². The van der Waals surface area contributed by atoms with Gasteiger partial charge in [-0.1, -0.05) is 17.3 Å². The number of aromatic nitrogens is 2. The standard InChI is InChI=1S/C19H19N3O5/c1-24-14-7-5-4-6-13(14)19(23)20-11-17-21-18(22-27-17)12-8-9-15(25-2)16(10-12)26-3/h4-10H,11H2,1-3H3,(H,20,23). The Balaban J connectivity index is 1.70. The molecule has 1 aromatic heterocycles. The predicted molar refractivity (Wildman–Crippen MR) is 97.0 cm³/mol. The lowest BCUT2D eigenvalue weighted by molar-refractivity contribution is 0.0943. The van der Waals surface area contributed by atoms with E-state index in [1.165, 1.54) is 7.11 Å². The van der Waals surface area contributed by atoms with Crippen LogP contribution in [-0.4, -0.2) is 37.4 Å². The molecule has 0 saturated heterocycles. The molecule has 0 aliphatic carbocycles. The first-order valence-electron chi connectivity index (χ1n) is 8.12. The summed E-state index contributed by atoms with van der Waals surface area (Å²) in [7, 11) is 4.63. The Morgan fingerprint density at radius 2 is 1.74 bits per heavy atom. The zero-order valence-electron chi connectivity index (χ0n) is 15.2. The van der Waals surface area contributed by atoms with Crippen molar-refractivity contribution in [1.82, 2.24) is 15.5 Å². The van der Waals surface area contributed by atoms with E-state index in [1.807, 2.05) is 0 Å². The molecule has 27 heavy (non-hydrogen) atoms. The molecule has 0 atom stereocenters. The molecule has 1 N–H and O–H groups in total. The van der Waals surface area contributed by atoms with Crippen LogP contribution in [0, 0.1) is 0 Å². The summed E-state index contributed by atoms with van der Waals surface area (Å²) >= 11 is 0. The lowest BCUT2D eigenvalue weighted by Gasteiger charge is -2.07. The number of nitrogens with zero attached hydrogens (tertiary/aromatic N) is 2. The number of para-hydroxylation sites is 1. The number of hydrogen-bond acceptors (Lipinski definition) is 7. The van der Waals surface area contributed by atoms with Crippen molar-refractivity contribution in [3.63, 3.8) is 0 Å². The van der Waals surface area contributed by atoms with E-state index >= 15 is 0 Å². The molecule has 0 radical (unpaired) electrons. The molecule has 0 aliphatic rings. The van der Waals surface area contributed by atoms with Gasteiger partial charge in [0.15, 0.2) is 11.5 Å². The molecule has 3 rings (SSSR count). The summed E-state index contributed by atoms with van der Waals surface area (Å²) in [6.45, 7) is 0.0944. The smallest absolute Gasteiger partial charge is 0.255 e. The summed E-state index contributed by atoms with van der Waals surface area (Å²) in [5.41, 5.74) is 1.14. The molecule has 1 amide bonds. The van der Waals surface area contributed by atoms with Crippen LogP contribution in [0.4, 0.5) is 0 Å². The van der Waals surface area contributed by atoms with Crippen LogP contribution >= 0.6 is 0 Å². The largest absolute Gasteiger partial charge is 0.496 e. The molecule has 2 aromatic carbocycles. The molecule has 0 unspecified atom stereocenters. The van der Waals surface area contributed by atoms with Gasteiger partial charge in [0.1, 0.15) is 5.75 Å². The van der Waals surface area contributed by atoms with E-state index < -0.39 is 0 Å². The quantitative estimate of drug-likeness (QED) is 0.684. The van der Waals surface area contributed by atoms with E-state index in [0.717, 1.165) is 0 Å². The highest BCUT2D eigenvalue weighted by Crippen LogP contribution is 2.31. The van der Waals surface area contributed by atoms with Crippen molar-refractivity contribution in [2.45, 2.75) is 6.54 Å². The van der Waals surface area contributed by atoms with Gasteiger partial charge in [0.05, 0.1) is 33.4 Å². The molecule has 0 fully saturated rings. The van der Waals surface area contributed by atoms with E-state index in [2.05, 4.69) is 15.5 Å². The Bertz CT molecular complexity index is 939. The number of nitrogens with one attached hydrogen (secondary N) is 1. The minimum atomic E-state index is -0.293. The Labute approximate surface area is 156 Å². The molecule has 8 nitrogen and oxygen atoms in total. The van der Waals surface area contributed by atoms with Crippen molar-refractivity contribution < 1.29 is 23.5 Å². The van der Waals surface area contributed by atoms with Crippen molar-refractivity contribution >= 4 is 5.91 Å². The van der Waals surface area contributed by atoms with Gasteiger partial charge in [-0.3, -0.25) is 4.79 Å². The third kappa shape index (κ3) is 4.00. The van der Waals surface area contributed by atoms with Crippen molar-refractivity contribution in [1.29, 1.82) is 0 Å². The average molecular weight is 369 g/mol. The van der Waals surface area contributed by atoms with Gasteiger partial charge >= 0.3 is 0 Å². The molecule has 8 heteroatoms. The lowest BCUT2D eigenvalue weighted by atomic mass is 10.2. The number of ether oxygens (including phenoxy) is 3. The maximum Gasteiger partial charge on any atom is 0.255 e. The van der Waals surface area contributed by atoms with Crippen LogP contribution < -0.4 is 19.5 Å². The zero-order valence-corrected chi connectivity index (χ0v) is 15.2. The summed E-state index contributed by atoms with van der Waals surface area (Å²) < 4.78 is 20.9. The van der Waals surface area contributed by atoms with E-state index in [1.54, 1.807) is 56.7 Å². The highest BCUT2D eigenvalue weighted by molar-refractivity contribution is 5.96. The minimum Gasteiger partial charge on any atom is -0.496 e. The summed E-state index contributed by atoms with van der Waals surface area (Å²) in [6, 6.07) is 12.3. The SMILES string of the molecule is COc1ccc(-c2noc(CNC(=O)c3ccccc3OC)n2)cc1OC. The van der Waals surface area contributed by atoms with Gasteiger partial charge in [0.25, 0.3) is 5.91 Å². The second-order valence-corrected chi connectivity index (χ2v) is 5.46. The summed E-state index contributed by atoms with van der Waals surface area (Å²) in [5, 5.41) is 6.68. The second-order valence-electron chi connectivity index (χ2n) is 5.46. The first-order chi connectivity index (χ1) is 13.2. The van der Waals surface area contributed by atoms with Crippen LogP contribution in [0.1, 0.15) is 16.2 Å². The first kappa shape index (κ1) is 18.2. The molecular formula is C19H19N3O5. The number of hydrogen-bond donors (Lipinski definition) is 1. The number of carbonyl (C=O) groups is 1. The maximum atomic E-state index is 12.3. The molecular weight excluding hydrogens is 350 g/mol. The minimum absolute atomic E-state index is 0.0944.